The van der Waals surface area contributed by atoms with Gasteiger partial charge in [0.15, 0.2) is 17.5 Å². The van der Waals surface area contributed by atoms with Gasteiger partial charge in [-0.05, 0) is 12.1 Å². The van der Waals surface area contributed by atoms with E-state index in [2.05, 4.69) is 25.8 Å². The lowest BCUT2D eigenvalue weighted by atomic mass is 10.2. The number of carbonyl (C=O) groups is 2. The van der Waals surface area contributed by atoms with Crippen LogP contribution in [0.2, 0.25) is 5.02 Å². The summed E-state index contributed by atoms with van der Waals surface area (Å²) in [7, 11) is 0. The second kappa shape index (κ2) is 7.58. The van der Waals surface area contributed by atoms with E-state index in [1.807, 2.05) is 0 Å². The van der Waals surface area contributed by atoms with Gasteiger partial charge in [-0.25, -0.2) is 13.8 Å². The number of hydrogen-bond donors (Lipinski definition) is 3. The molecular weight excluding hydrogens is 388 g/mol. The fraction of sp³-hybridized carbons (Fsp3) is 0.0667. The van der Waals surface area contributed by atoms with Crippen LogP contribution in [0, 0.1) is 11.6 Å². The molecule has 134 valence electrons. The van der Waals surface area contributed by atoms with Crippen molar-refractivity contribution in [1.29, 1.82) is 0 Å². The van der Waals surface area contributed by atoms with Crippen molar-refractivity contribution in [2.75, 3.05) is 5.32 Å². The van der Waals surface area contributed by atoms with E-state index in [0.717, 1.165) is 0 Å². The van der Waals surface area contributed by atoms with Gasteiger partial charge in [-0.2, -0.15) is 5.10 Å². The third-order valence-electron chi connectivity index (χ3n) is 3.23. The fourth-order valence-electron chi connectivity index (χ4n) is 1.97. The van der Waals surface area contributed by atoms with Crippen molar-refractivity contribution in [1.82, 2.24) is 20.5 Å². The van der Waals surface area contributed by atoms with Gasteiger partial charge in [0, 0.05) is 11.4 Å². The zero-order valence-corrected chi connectivity index (χ0v) is 14.4. The number of anilines is 1. The Balaban J connectivity index is 1.65. The van der Waals surface area contributed by atoms with Crippen LogP contribution in [0.25, 0.3) is 0 Å². The molecule has 0 fully saturated rings. The molecule has 0 aliphatic heterocycles. The summed E-state index contributed by atoms with van der Waals surface area (Å²) < 4.78 is 26.3. The molecule has 26 heavy (non-hydrogen) atoms. The Labute approximate surface area is 154 Å². The van der Waals surface area contributed by atoms with Gasteiger partial charge in [0.25, 0.3) is 11.8 Å². The first-order valence-electron chi connectivity index (χ1n) is 7.10. The van der Waals surface area contributed by atoms with Gasteiger partial charge in [0.1, 0.15) is 5.69 Å². The molecule has 1 aromatic carbocycles. The minimum Gasteiger partial charge on any atom is -0.345 e. The highest BCUT2D eigenvalue weighted by Crippen LogP contribution is 2.21. The van der Waals surface area contributed by atoms with E-state index < -0.39 is 23.4 Å². The Morgan fingerprint density at radius 3 is 2.69 bits per heavy atom. The molecule has 0 unspecified atom stereocenters. The number of hydrogen-bond acceptors (Lipinski definition) is 5. The number of carbonyl (C=O) groups excluding carboxylic acids is 2. The maximum Gasteiger partial charge on any atom is 0.269 e. The van der Waals surface area contributed by atoms with Crippen LogP contribution < -0.4 is 10.6 Å². The van der Waals surface area contributed by atoms with Crippen molar-refractivity contribution >= 4 is 40.6 Å². The number of thiazole rings is 1. The average molecular weight is 398 g/mol. The standard InChI is InChI=1S/C15H10ClF2N5O2S/c16-9-2-11(18)10(17)1-8(9)14(24)21-13-3-12(22-23-13)15(25)19-4-7-5-26-6-20-7/h1-3,5-6H,4H2,(H,19,25)(H2,21,22,23,24). The quantitative estimate of drug-likeness (QED) is 0.576. The van der Waals surface area contributed by atoms with Gasteiger partial charge >= 0.3 is 0 Å². The van der Waals surface area contributed by atoms with E-state index in [1.165, 1.54) is 17.4 Å². The molecule has 7 nitrogen and oxygen atoms in total. The number of halogens is 3. The summed E-state index contributed by atoms with van der Waals surface area (Å²) in [5.41, 5.74) is 2.20. The summed E-state index contributed by atoms with van der Waals surface area (Å²) in [6.45, 7) is 0.244. The van der Waals surface area contributed by atoms with Crippen LogP contribution in [0.5, 0.6) is 0 Å². The molecule has 0 saturated heterocycles. The predicted molar refractivity (Wildman–Crippen MR) is 91.2 cm³/mol. The predicted octanol–water partition coefficient (Wildman–Crippen LogP) is 2.98. The normalized spacial score (nSPS) is 10.6. The van der Waals surface area contributed by atoms with Crippen molar-refractivity contribution in [2.45, 2.75) is 6.54 Å². The summed E-state index contributed by atoms with van der Waals surface area (Å²) in [6.07, 6.45) is 0. The SMILES string of the molecule is O=C(NCc1cscn1)c1cc(NC(=O)c2cc(F)c(F)cc2Cl)n[nH]1. The van der Waals surface area contributed by atoms with Gasteiger partial charge in [-0.3, -0.25) is 14.7 Å². The monoisotopic (exact) mass is 397 g/mol. The molecule has 0 aliphatic rings. The molecule has 0 bridgehead atoms. The molecule has 2 aromatic heterocycles. The number of aromatic amines is 1. The molecule has 0 aliphatic carbocycles. The highest BCUT2D eigenvalue weighted by atomic mass is 35.5. The molecule has 0 saturated carbocycles. The lowest BCUT2D eigenvalue weighted by Gasteiger charge is -2.05. The zero-order valence-electron chi connectivity index (χ0n) is 12.8. The third-order valence-corrected chi connectivity index (χ3v) is 4.18. The van der Waals surface area contributed by atoms with Gasteiger partial charge < -0.3 is 10.6 Å². The summed E-state index contributed by atoms with van der Waals surface area (Å²) in [6, 6.07) is 2.68. The van der Waals surface area contributed by atoms with Crippen molar-refractivity contribution in [3.05, 3.63) is 62.7 Å². The molecule has 3 rings (SSSR count). The molecule has 3 aromatic rings. The average Bonchev–Trinajstić information content (AvgIpc) is 3.27. The van der Waals surface area contributed by atoms with Crippen molar-refractivity contribution in [3.63, 3.8) is 0 Å². The summed E-state index contributed by atoms with van der Waals surface area (Å²) in [5, 5.41) is 12.8. The van der Waals surface area contributed by atoms with Crippen LogP contribution in [0.4, 0.5) is 14.6 Å². The Hall–Kier alpha value is -2.85. The number of amides is 2. The molecule has 0 radical (unpaired) electrons. The molecule has 11 heteroatoms. The first-order chi connectivity index (χ1) is 12.4. The van der Waals surface area contributed by atoms with Gasteiger partial charge in [0.05, 0.1) is 28.3 Å². The maximum atomic E-state index is 13.3. The van der Waals surface area contributed by atoms with Gasteiger partial charge in [-0.15, -0.1) is 11.3 Å². The van der Waals surface area contributed by atoms with E-state index in [9.17, 15) is 18.4 Å². The summed E-state index contributed by atoms with van der Waals surface area (Å²) >= 11 is 7.15. The zero-order chi connectivity index (χ0) is 18.7. The van der Waals surface area contributed by atoms with Crippen molar-refractivity contribution < 1.29 is 18.4 Å². The lowest BCUT2D eigenvalue weighted by molar-refractivity contribution is 0.0944. The van der Waals surface area contributed by atoms with E-state index in [1.54, 1.807) is 10.9 Å². The van der Waals surface area contributed by atoms with Crippen LogP contribution in [0.1, 0.15) is 26.5 Å². The number of aromatic nitrogens is 3. The van der Waals surface area contributed by atoms with Crippen LogP contribution >= 0.6 is 22.9 Å². The Bertz CT molecular complexity index is 961. The summed E-state index contributed by atoms with van der Waals surface area (Å²) in [4.78, 5) is 28.2. The van der Waals surface area contributed by atoms with Gasteiger partial charge in [0.2, 0.25) is 0 Å². The lowest BCUT2D eigenvalue weighted by Crippen LogP contribution is -2.23. The maximum absolute atomic E-state index is 13.3. The Morgan fingerprint density at radius 1 is 1.19 bits per heavy atom. The first kappa shape index (κ1) is 18.0. The minimum absolute atomic E-state index is 0.0228. The van der Waals surface area contributed by atoms with Crippen LogP contribution in [0.15, 0.2) is 29.1 Å². The number of benzene rings is 1. The van der Waals surface area contributed by atoms with Gasteiger partial charge in [-0.1, -0.05) is 11.6 Å². The van der Waals surface area contributed by atoms with Crippen LogP contribution in [0.3, 0.4) is 0 Å². The Morgan fingerprint density at radius 2 is 1.96 bits per heavy atom. The second-order valence-electron chi connectivity index (χ2n) is 5.03. The van der Waals surface area contributed by atoms with E-state index in [0.29, 0.717) is 17.8 Å². The molecule has 0 atom stereocenters. The second-order valence-corrected chi connectivity index (χ2v) is 6.16. The first-order valence-corrected chi connectivity index (χ1v) is 8.42. The smallest absolute Gasteiger partial charge is 0.269 e. The van der Waals surface area contributed by atoms with Crippen molar-refractivity contribution in [3.8, 4) is 0 Å². The summed E-state index contributed by atoms with van der Waals surface area (Å²) in [5.74, 6) is -3.59. The van der Waals surface area contributed by atoms with E-state index in [-0.39, 0.29) is 28.6 Å². The molecule has 0 spiro atoms. The fourth-order valence-corrected chi connectivity index (χ4v) is 2.77. The van der Waals surface area contributed by atoms with Crippen LogP contribution in [-0.2, 0) is 6.54 Å². The minimum atomic E-state index is -1.20. The largest absolute Gasteiger partial charge is 0.345 e. The van der Waals surface area contributed by atoms with Crippen LogP contribution in [-0.4, -0.2) is 27.0 Å². The molecule has 2 amide bonds. The Kier molecular flexibility index (Phi) is 5.24. The topological polar surface area (TPSA) is 99.8 Å². The number of nitrogens with zero attached hydrogens (tertiary/aromatic N) is 2. The number of H-pyrrole nitrogens is 1. The van der Waals surface area contributed by atoms with Crippen molar-refractivity contribution in [2.24, 2.45) is 0 Å². The third kappa shape index (κ3) is 4.03. The molecular formula is C15H10ClF2N5O2S. The molecule has 2 heterocycles. The number of rotatable bonds is 5. The number of nitrogens with one attached hydrogen (secondary N) is 3. The molecule has 3 N–H and O–H groups in total. The van der Waals surface area contributed by atoms with E-state index >= 15 is 0 Å². The highest BCUT2D eigenvalue weighted by Gasteiger charge is 2.17. The van der Waals surface area contributed by atoms with E-state index in [4.69, 9.17) is 11.6 Å². The highest BCUT2D eigenvalue weighted by molar-refractivity contribution is 7.07.